The van der Waals surface area contributed by atoms with Gasteiger partial charge in [-0.15, -0.1) is 34.3 Å². The molecular weight excluding hydrogens is 588 g/mol. The van der Waals surface area contributed by atoms with Crippen molar-refractivity contribution >= 4 is 63.5 Å². The Labute approximate surface area is 261 Å². The SMILES string of the molecule is Cc1ccc(-c2nccs2)cc1C.Cc1ccc(-c2nccs2)cc1N.Cc1ccc(C(N)=S)cc1C.O=CCCl. The van der Waals surface area contributed by atoms with E-state index in [2.05, 4.69) is 55.9 Å². The molecule has 0 saturated carbocycles. The monoisotopic (exact) mass is 622 g/mol. The average molecular weight is 623 g/mol. The molecule has 2 heterocycles. The first-order valence-electron chi connectivity index (χ1n) is 12.7. The number of anilines is 1. The number of rotatable bonds is 4. The van der Waals surface area contributed by atoms with E-state index >= 15 is 0 Å². The summed E-state index contributed by atoms with van der Waals surface area (Å²) in [6, 6.07) is 18.5. The van der Waals surface area contributed by atoms with Gasteiger partial charge in [0.15, 0.2) is 0 Å². The number of thiazole rings is 2. The summed E-state index contributed by atoms with van der Waals surface area (Å²) in [5.41, 5.74) is 21.6. The van der Waals surface area contributed by atoms with Crippen LogP contribution in [-0.2, 0) is 4.79 Å². The molecule has 0 saturated heterocycles. The van der Waals surface area contributed by atoms with Gasteiger partial charge in [-0.1, -0.05) is 48.6 Å². The van der Waals surface area contributed by atoms with Crippen LogP contribution in [0.2, 0.25) is 0 Å². The Bertz CT molecular complexity index is 1450. The van der Waals surface area contributed by atoms with Crippen LogP contribution in [0.5, 0.6) is 0 Å². The van der Waals surface area contributed by atoms with Crippen molar-refractivity contribution in [1.82, 2.24) is 9.97 Å². The van der Waals surface area contributed by atoms with Gasteiger partial charge in [-0.3, -0.25) is 0 Å². The van der Waals surface area contributed by atoms with Crippen molar-refractivity contribution in [2.45, 2.75) is 34.6 Å². The summed E-state index contributed by atoms with van der Waals surface area (Å²) in [4.78, 5) is 18.0. The molecule has 214 valence electrons. The summed E-state index contributed by atoms with van der Waals surface area (Å²) in [6.07, 6.45) is 4.28. The Balaban J connectivity index is 0.000000203. The smallest absolute Gasteiger partial charge is 0.134 e. The minimum atomic E-state index is 0.111. The minimum Gasteiger partial charge on any atom is -0.398 e. The molecule has 9 heteroatoms. The average Bonchev–Trinajstić information content (AvgIpc) is 3.69. The van der Waals surface area contributed by atoms with E-state index in [1.807, 2.05) is 60.3 Å². The van der Waals surface area contributed by atoms with Crippen LogP contribution in [-0.4, -0.2) is 27.1 Å². The van der Waals surface area contributed by atoms with E-state index in [0.29, 0.717) is 11.3 Å². The van der Waals surface area contributed by atoms with Crippen LogP contribution in [0, 0.1) is 34.6 Å². The Morgan fingerprint density at radius 1 is 0.780 bits per heavy atom. The molecule has 5 rings (SSSR count). The molecule has 0 bridgehead atoms. The van der Waals surface area contributed by atoms with E-state index in [1.54, 1.807) is 28.9 Å². The second kappa shape index (κ2) is 17.4. The maximum atomic E-state index is 9.04. The molecule has 5 nitrogen and oxygen atoms in total. The zero-order valence-electron chi connectivity index (χ0n) is 23.9. The lowest BCUT2D eigenvalue weighted by Crippen LogP contribution is -2.09. The fourth-order valence-corrected chi connectivity index (χ4v) is 4.67. The van der Waals surface area contributed by atoms with Crippen molar-refractivity contribution in [3.8, 4) is 21.1 Å². The van der Waals surface area contributed by atoms with Crippen molar-refractivity contribution in [1.29, 1.82) is 0 Å². The topological polar surface area (TPSA) is 94.9 Å². The molecule has 0 aliphatic carbocycles. The van der Waals surface area contributed by atoms with Gasteiger partial charge in [0.1, 0.15) is 21.3 Å². The predicted octanol–water partition coefficient (Wildman–Crippen LogP) is 8.49. The highest BCUT2D eigenvalue weighted by atomic mass is 35.5. The largest absolute Gasteiger partial charge is 0.398 e. The summed E-state index contributed by atoms with van der Waals surface area (Å²) in [5.74, 6) is 0.111. The third-order valence-electron chi connectivity index (χ3n) is 6.00. The Morgan fingerprint density at radius 3 is 1.63 bits per heavy atom. The van der Waals surface area contributed by atoms with E-state index in [0.717, 1.165) is 32.4 Å². The van der Waals surface area contributed by atoms with Crippen LogP contribution in [0.4, 0.5) is 5.69 Å². The van der Waals surface area contributed by atoms with Crippen LogP contribution in [0.15, 0.2) is 77.8 Å². The van der Waals surface area contributed by atoms with Gasteiger partial charge >= 0.3 is 0 Å². The van der Waals surface area contributed by atoms with Gasteiger partial charge in [-0.2, -0.15) is 0 Å². The molecule has 0 atom stereocenters. The lowest BCUT2D eigenvalue weighted by Gasteiger charge is -2.02. The number of nitrogens with zero attached hydrogens (tertiary/aromatic N) is 2. The van der Waals surface area contributed by atoms with Crippen LogP contribution >= 0.6 is 46.5 Å². The lowest BCUT2D eigenvalue weighted by atomic mass is 10.1. The van der Waals surface area contributed by atoms with Gasteiger partial charge in [0.2, 0.25) is 0 Å². The molecule has 41 heavy (non-hydrogen) atoms. The number of hydrogen-bond donors (Lipinski definition) is 2. The summed E-state index contributed by atoms with van der Waals surface area (Å²) >= 11 is 13.0. The van der Waals surface area contributed by atoms with E-state index in [9.17, 15) is 0 Å². The van der Waals surface area contributed by atoms with Gasteiger partial charge in [-0.05, 0) is 80.6 Å². The van der Waals surface area contributed by atoms with E-state index < -0.39 is 0 Å². The number of carbonyl (C=O) groups excluding carboxylic acids is 1. The molecule has 0 aliphatic heterocycles. The van der Waals surface area contributed by atoms with E-state index in [1.165, 1.54) is 27.8 Å². The van der Waals surface area contributed by atoms with Crippen molar-refractivity contribution in [3.05, 3.63) is 111 Å². The third kappa shape index (κ3) is 11.2. The summed E-state index contributed by atoms with van der Waals surface area (Å²) in [5, 5.41) is 6.09. The predicted molar refractivity (Wildman–Crippen MR) is 182 cm³/mol. The van der Waals surface area contributed by atoms with Gasteiger partial charge in [0, 0.05) is 45.5 Å². The summed E-state index contributed by atoms with van der Waals surface area (Å²) in [7, 11) is 0. The maximum absolute atomic E-state index is 9.04. The first kappa shape index (κ1) is 33.8. The standard InChI is InChI=1S/C11H11NS.C10H10N2S.C9H11NS.C2H3ClO/c1-8-3-4-10(7-9(8)2)11-12-5-6-13-11;1-7-2-3-8(6-9(7)11)10-12-4-5-13-10;1-6-3-4-8(9(10)11)5-7(6)2;3-1-2-4/h3-7H,1-2H3;2-6H,11H2,1H3;3-5H,1-2H3,(H2,10,11);2H,1H2. The number of aldehydes is 1. The van der Waals surface area contributed by atoms with Crippen molar-refractivity contribution < 1.29 is 4.79 Å². The molecule has 5 aromatic rings. The third-order valence-corrected chi connectivity index (χ3v) is 8.01. The van der Waals surface area contributed by atoms with Crippen LogP contribution in [0.25, 0.3) is 21.1 Å². The maximum Gasteiger partial charge on any atom is 0.134 e. The molecule has 0 aliphatic rings. The Morgan fingerprint density at radius 2 is 1.24 bits per heavy atom. The molecule has 0 amide bonds. The number of alkyl halides is 1. The molecule has 3 aromatic carbocycles. The first-order chi connectivity index (χ1) is 19.6. The number of carbonyl (C=O) groups is 1. The first-order valence-corrected chi connectivity index (χ1v) is 15.4. The zero-order valence-corrected chi connectivity index (χ0v) is 27.1. The highest BCUT2D eigenvalue weighted by molar-refractivity contribution is 7.80. The fourth-order valence-electron chi connectivity index (χ4n) is 3.27. The highest BCUT2D eigenvalue weighted by Crippen LogP contribution is 2.25. The number of halogens is 1. The highest BCUT2D eigenvalue weighted by Gasteiger charge is 2.02. The molecule has 4 N–H and O–H groups in total. The lowest BCUT2D eigenvalue weighted by molar-refractivity contribution is -0.105. The van der Waals surface area contributed by atoms with Gasteiger partial charge < -0.3 is 16.3 Å². The molecule has 2 aromatic heterocycles. The Hall–Kier alpha value is -3.43. The molecule has 0 radical (unpaired) electrons. The summed E-state index contributed by atoms with van der Waals surface area (Å²) < 4.78 is 0. The van der Waals surface area contributed by atoms with Gasteiger partial charge in [-0.25, -0.2) is 9.97 Å². The number of aromatic nitrogens is 2. The number of nitrogen functional groups attached to an aromatic ring is 1. The molecule has 0 unspecified atom stereocenters. The van der Waals surface area contributed by atoms with Crippen LogP contribution < -0.4 is 11.5 Å². The van der Waals surface area contributed by atoms with Crippen LogP contribution in [0.3, 0.4) is 0 Å². The van der Waals surface area contributed by atoms with E-state index in [-0.39, 0.29) is 5.88 Å². The normalized spacial score (nSPS) is 9.71. The number of aryl methyl sites for hydroxylation is 5. The summed E-state index contributed by atoms with van der Waals surface area (Å²) in [6.45, 7) is 10.4. The number of thiocarbonyl (C=S) groups is 1. The second-order valence-electron chi connectivity index (χ2n) is 9.03. The number of benzene rings is 3. The number of nitrogens with two attached hydrogens (primary N) is 2. The van der Waals surface area contributed by atoms with E-state index in [4.69, 9.17) is 40.1 Å². The van der Waals surface area contributed by atoms with Gasteiger partial charge in [0.25, 0.3) is 0 Å². The van der Waals surface area contributed by atoms with Crippen molar-refractivity contribution in [3.63, 3.8) is 0 Å². The van der Waals surface area contributed by atoms with Crippen molar-refractivity contribution in [2.75, 3.05) is 11.6 Å². The fraction of sp³-hybridized carbons (Fsp3) is 0.188. The molecular formula is C32H35ClN4OS3. The second-order valence-corrected chi connectivity index (χ2v) is 11.6. The van der Waals surface area contributed by atoms with Crippen molar-refractivity contribution in [2.24, 2.45) is 5.73 Å². The van der Waals surface area contributed by atoms with Crippen LogP contribution in [0.1, 0.15) is 33.4 Å². The zero-order chi connectivity index (χ0) is 30.4. The Kier molecular flexibility index (Phi) is 14.3. The minimum absolute atomic E-state index is 0.111. The number of hydrogen-bond acceptors (Lipinski definition) is 7. The molecule has 0 fully saturated rings. The van der Waals surface area contributed by atoms with Gasteiger partial charge in [0.05, 0.1) is 5.88 Å². The molecule has 0 spiro atoms. The quantitative estimate of drug-likeness (QED) is 0.0903.